The molecule has 3 aromatic rings. The minimum atomic E-state index is 0.704. The first kappa shape index (κ1) is 17.1. The van der Waals surface area contributed by atoms with Crippen LogP contribution < -0.4 is 0 Å². The van der Waals surface area contributed by atoms with Crippen LogP contribution in [-0.2, 0) is 13.5 Å². The molecule has 0 fully saturated rings. The van der Waals surface area contributed by atoms with E-state index in [-0.39, 0.29) is 0 Å². The summed E-state index contributed by atoms with van der Waals surface area (Å²) in [4.78, 5) is 2.62. The van der Waals surface area contributed by atoms with Crippen LogP contribution in [0.5, 0.6) is 0 Å². The van der Waals surface area contributed by atoms with Crippen molar-refractivity contribution in [1.82, 2.24) is 9.47 Å². The van der Waals surface area contributed by atoms with Gasteiger partial charge < -0.3 is 4.57 Å². The summed E-state index contributed by atoms with van der Waals surface area (Å²) in [6.07, 6.45) is 8.37. The van der Waals surface area contributed by atoms with Gasteiger partial charge in [-0.05, 0) is 54.0 Å². The molecule has 2 aromatic carbocycles. The first-order valence-corrected chi connectivity index (χ1v) is 10.3. The number of hydrogen-bond donors (Lipinski definition) is 0. The molecule has 2 heterocycles. The Kier molecular flexibility index (Phi) is 4.34. The quantitative estimate of drug-likeness (QED) is 0.573. The molecule has 0 saturated heterocycles. The summed E-state index contributed by atoms with van der Waals surface area (Å²) >= 11 is 6.19. The van der Waals surface area contributed by atoms with E-state index in [1.54, 1.807) is 11.1 Å². The number of aromatic nitrogens is 1. The summed E-state index contributed by atoms with van der Waals surface area (Å²) in [5.74, 6) is 0.704. The third kappa shape index (κ3) is 3.11. The molecule has 0 amide bonds. The highest BCUT2D eigenvalue weighted by Gasteiger charge is 2.25. The predicted molar refractivity (Wildman–Crippen MR) is 114 cm³/mol. The minimum Gasteiger partial charge on any atom is -0.350 e. The Morgan fingerprint density at radius 1 is 1.11 bits per heavy atom. The van der Waals surface area contributed by atoms with E-state index in [9.17, 15) is 0 Å². The second-order valence-corrected chi connectivity index (χ2v) is 8.42. The van der Waals surface area contributed by atoms with E-state index in [0.29, 0.717) is 5.92 Å². The van der Waals surface area contributed by atoms with Crippen LogP contribution in [0.2, 0.25) is 5.02 Å². The fourth-order valence-corrected chi connectivity index (χ4v) is 5.05. The molecule has 3 heteroatoms. The van der Waals surface area contributed by atoms with Gasteiger partial charge in [-0.2, -0.15) is 0 Å². The molecule has 1 unspecified atom stereocenters. The number of aryl methyl sites for hydroxylation is 2. The number of benzene rings is 2. The summed E-state index contributed by atoms with van der Waals surface area (Å²) in [6, 6.07) is 15.2. The summed E-state index contributed by atoms with van der Waals surface area (Å²) in [6.45, 7) is 3.39. The Labute approximate surface area is 166 Å². The first-order chi connectivity index (χ1) is 13.2. The van der Waals surface area contributed by atoms with E-state index in [2.05, 4.69) is 65.2 Å². The van der Waals surface area contributed by atoms with Gasteiger partial charge in [-0.1, -0.05) is 48.0 Å². The third-order valence-electron chi connectivity index (χ3n) is 6.33. The third-order valence-corrected chi connectivity index (χ3v) is 6.56. The van der Waals surface area contributed by atoms with Crippen LogP contribution in [0.15, 0.2) is 54.7 Å². The van der Waals surface area contributed by atoms with Gasteiger partial charge in [0.1, 0.15) is 0 Å². The second kappa shape index (κ2) is 6.85. The molecule has 0 N–H and O–H groups in total. The van der Waals surface area contributed by atoms with E-state index in [1.165, 1.54) is 41.4 Å². The molecule has 0 bridgehead atoms. The molecule has 2 nitrogen and oxygen atoms in total. The molecular weight excluding hydrogens is 352 g/mol. The number of nitrogens with zero attached hydrogens (tertiary/aromatic N) is 2. The van der Waals surface area contributed by atoms with Crippen LogP contribution in [-0.4, -0.2) is 29.1 Å². The topological polar surface area (TPSA) is 8.17 Å². The molecule has 1 atom stereocenters. The Bertz CT molecular complexity index is 1030. The van der Waals surface area contributed by atoms with E-state index in [1.807, 2.05) is 6.07 Å². The zero-order valence-corrected chi connectivity index (χ0v) is 16.5. The lowest BCUT2D eigenvalue weighted by Gasteiger charge is -2.29. The highest BCUT2D eigenvalue weighted by molar-refractivity contribution is 6.31. The van der Waals surface area contributed by atoms with Gasteiger partial charge in [0.05, 0.1) is 0 Å². The van der Waals surface area contributed by atoms with Crippen LogP contribution in [0.1, 0.15) is 35.4 Å². The molecule has 27 heavy (non-hydrogen) atoms. The zero-order valence-electron chi connectivity index (χ0n) is 15.8. The molecule has 138 valence electrons. The van der Waals surface area contributed by atoms with Crippen LogP contribution in [0.4, 0.5) is 0 Å². The summed E-state index contributed by atoms with van der Waals surface area (Å²) in [5, 5.41) is 2.11. The average molecular weight is 377 g/mol. The van der Waals surface area contributed by atoms with E-state index < -0.39 is 0 Å². The van der Waals surface area contributed by atoms with E-state index in [0.717, 1.165) is 24.5 Å². The normalized spacial score (nSPS) is 20.1. The smallest absolute Gasteiger partial charge is 0.0498 e. The number of rotatable bonds is 3. The van der Waals surface area contributed by atoms with Crippen molar-refractivity contribution in [3.05, 3.63) is 76.5 Å². The second-order valence-electron chi connectivity index (χ2n) is 7.99. The van der Waals surface area contributed by atoms with Crippen LogP contribution in [0.3, 0.4) is 0 Å². The molecular formula is C24H25ClN2. The van der Waals surface area contributed by atoms with Crippen molar-refractivity contribution in [3.8, 4) is 0 Å². The number of hydrogen-bond acceptors (Lipinski definition) is 1. The van der Waals surface area contributed by atoms with Gasteiger partial charge in [0, 0.05) is 54.4 Å². The molecule has 0 spiro atoms. The molecule has 1 aliphatic heterocycles. The van der Waals surface area contributed by atoms with Crippen LogP contribution in [0.25, 0.3) is 16.5 Å². The van der Waals surface area contributed by atoms with Crippen molar-refractivity contribution in [2.45, 2.75) is 25.2 Å². The van der Waals surface area contributed by atoms with Crippen molar-refractivity contribution in [2.24, 2.45) is 7.05 Å². The highest BCUT2D eigenvalue weighted by Crippen LogP contribution is 2.35. The van der Waals surface area contributed by atoms with Gasteiger partial charge in [-0.3, -0.25) is 4.90 Å². The SMILES string of the molecule is Cn1cc(C2=CCN(CC3CCc4ccccc43)CC2)c2ccc(Cl)cc21. The monoisotopic (exact) mass is 376 g/mol. The Hall–Kier alpha value is -2.03. The van der Waals surface area contributed by atoms with Crippen LogP contribution >= 0.6 is 11.6 Å². The van der Waals surface area contributed by atoms with Crippen molar-refractivity contribution in [2.75, 3.05) is 19.6 Å². The van der Waals surface area contributed by atoms with Crippen molar-refractivity contribution in [1.29, 1.82) is 0 Å². The van der Waals surface area contributed by atoms with Gasteiger partial charge in [-0.15, -0.1) is 0 Å². The number of fused-ring (bicyclic) bond motifs is 2. The number of halogens is 1. The molecule has 5 rings (SSSR count). The standard InChI is InChI=1S/C24H25ClN2/c1-26-16-23(22-9-8-20(25)14-24(22)26)18-10-12-27(13-11-18)15-19-7-6-17-4-2-3-5-21(17)19/h2-5,8-10,14,16,19H,6-7,11-13,15H2,1H3. The van der Waals surface area contributed by atoms with E-state index in [4.69, 9.17) is 11.6 Å². The molecule has 2 aliphatic rings. The summed E-state index contributed by atoms with van der Waals surface area (Å²) in [7, 11) is 2.11. The minimum absolute atomic E-state index is 0.704. The first-order valence-electron chi connectivity index (χ1n) is 9.93. The maximum Gasteiger partial charge on any atom is 0.0498 e. The zero-order chi connectivity index (χ0) is 18.4. The maximum atomic E-state index is 6.19. The fourth-order valence-electron chi connectivity index (χ4n) is 4.88. The largest absolute Gasteiger partial charge is 0.350 e. The summed E-state index contributed by atoms with van der Waals surface area (Å²) in [5.41, 5.74) is 7.20. The van der Waals surface area contributed by atoms with Crippen molar-refractivity contribution in [3.63, 3.8) is 0 Å². The Morgan fingerprint density at radius 2 is 2.00 bits per heavy atom. The molecule has 0 saturated carbocycles. The average Bonchev–Trinajstić information content (AvgIpc) is 3.24. The lowest BCUT2D eigenvalue weighted by atomic mass is 9.96. The van der Waals surface area contributed by atoms with Gasteiger partial charge >= 0.3 is 0 Å². The molecule has 0 radical (unpaired) electrons. The van der Waals surface area contributed by atoms with Gasteiger partial charge in [0.15, 0.2) is 0 Å². The molecule has 1 aliphatic carbocycles. The van der Waals surface area contributed by atoms with Gasteiger partial charge in [0.2, 0.25) is 0 Å². The maximum absolute atomic E-state index is 6.19. The van der Waals surface area contributed by atoms with Crippen molar-refractivity contribution >= 4 is 28.1 Å². The van der Waals surface area contributed by atoms with Gasteiger partial charge in [0.25, 0.3) is 0 Å². The Balaban J connectivity index is 1.34. The highest BCUT2D eigenvalue weighted by atomic mass is 35.5. The lowest BCUT2D eigenvalue weighted by molar-refractivity contribution is 0.281. The summed E-state index contributed by atoms with van der Waals surface area (Å²) < 4.78 is 2.19. The molecule has 1 aromatic heterocycles. The van der Waals surface area contributed by atoms with Gasteiger partial charge in [-0.25, -0.2) is 0 Å². The predicted octanol–water partition coefficient (Wildman–Crippen LogP) is 5.65. The van der Waals surface area contributed by atoms with E-state index >= 15 is 0 Å². The fraction of sp³-hybridized carbons (Fsp3) is 0.333. The van der Waals surface area contributed by atoms with Crippen molar-refractivity contribution < 1.29 is 0 Å². The van der Waals surface area contributed by atoms with Crippen LogP contribution in [0, 0.1) is 0 Å². The lowest BCUT2D eigenvalue weighted by Crippen LogP contribution is -2.32. The Morgan fingerprint density at radius 3 is 2.85 bits per heavy atom.